The number of nitrogens with one attached hydrogen (secondary N) is 6. The summed E-state index contributed by atoms with van der Waals surface area (Å²) >= 11 is 0. The number of rotatable bonds is 40. The van der Waals surface area contributed by atoms with E-state index < -0.39 is 11.6 Å². The molecule has 342 valence electrons. The number of ether oxygens (including phenoxy) is 3. The third-order valence-corrected chi connectivity index (χ3v) is 9.59. The molecule has 0 heterocycles. The molecule has 0 saturated carbocycles. The van der Waals surface area contributed by atoms with Gasteiger partial charge >= 0.3 is 6.03 Å². The molecule has 59 heavy (non-hydrogen) atoms. The zero-order valence-corrected chi connectivity index (χ0v) is 36.6. The molecular weight excluding hydrogens is 764 g/mol. The highest BCUT2D eigenvalue weighted by Crippen LogP contribution is 2.13. The van der Waals surface area contributed by atoms with Crippen LogP contribution in [-0.2, 0) is 43.0 Å². The van der Waals surface area contributed by atoms with Crippen LogP contribution in [0.3, 0.4) is 0 Å². The minimum atomic E-state index is -1.26. The Morgan fingerprint density at radius 1 is 0.492 bits per heavy atom. The Kier molecular flexibility index (Phi) is 35.0. The summed E-state index contributed by atoms with van der Waals surface area (Å²) < 4.78 is 17.9. The molecular formula is C42H78N6O11. The number of urea groups is 1. The quantitative estimate of drug-likeness (QED) is 0.0443. The first-order valence-electron chi connectivity index (χ1n) is 21.9. The lowest BCUT2D eigenvalue weighted by atomic mass is 10.0. The van der Waals surface area contributed by atoms with Crippen molar-refractivity contribution in [3.63, 3.8) is 0 Å². The fourth-order valence-corrected chi connectivity index (χ4v) is 5.66. The van der Waals surface area contributed by atoms with Gasteiger partial charge in [-0.05, 0) is 44.4 Å². The standard InChI is InChI=1S/C42H78N6O11/c1-5-34(30-49)16-12-13-22-47-41(56)48-42(31-57-27-19-36(51)18-11-9-10-17-35(50)6-2,32-58-28-20-39(54)45-25-14-23-43-37(52)7-3)33-59-29-21-40(55)46-26-15-24-44-38(53)8-4/h34,49H,5-33H2,1-4H3,(H,43,52)(H,44,53)(H,45,54)(H,46,55)(H2,47,48,56). The molecule has 0 spiro atoms. The average Bonchev–Trinajstić information content (AvgIpc) is 3.23. The summed E-state index contributed by atoms with van der Waals surface area (Å²) in [5.74, 6) is -0.126. The smallest absolute Gasteiger partial charge is 0.315 e. The van der Waals surface area contributed by atoms with E-state index in [2.05, 4.69) is 31.9 Å². The highest BCUT2D eigenvalue weighted by atomic mass is 16.5. The van der Waals surface area contributed by atoms with Crippen LogP contribution >= 0.6 is 0 Å². The van der Waals surface area contributed by atoms with Gasteiger partial charge in [0.05, 0.1) is 39.6 Å². The predicted octanol–water partition coefficient (Wildman–Crippen LogP) is 3.00. The van der Waals surface area contributed by atoms with Gasteiger partial charge in [0.15, 0.2) is 0 Å². The Labute approximate surface area is 352 Å². The highest BCUT2D eigenvalue weighted by molar-refractivity contribution is 5.79. The fraction of sp³-hybridized carbons (Fsp3) is 0.833. The first-order chi connectivity index (χ1) is 28.4. The van der Waals surface area contributed by atoms with E-state index in [0.717, 1.165) is 32.1 Å². The molecule has 0 aliphatic rings. The first-order valence-corrected chi connectivity index (χ1v) is 21.9. The van der Waals surface area contributed by atoms with Crippen LogP contribution in [0.25, 0.3) is 0 Å². The van der Waals surface area contributed by atoms with E-state index in [4.69, 9.17) is 14.2 Å². The van der Waals surface area contributed by atoms with Crippen molar-refractivity contribution in [3.8, 4) is 0 Å². The molecule has 0 aromatic heterocycles. The van der Waals surface area contributed by atoms with Gasteiger partial charge in [0.2, 0.25) is 23.6 Å². The number of carbonyl (C=O) groups is 7. The van der Waals surface area contributed by atoms with Crippen molar-refractivity contribution in [2.45, 2.75) is 142 Å². The fourth-order valence-electron chi connectivity index (χ4n) is 5.66. The van der Waals surface area contributed by atoms with Crippen LogP contribution < -0.4 is 31.9 Å². The largest absolute Gasteiger partial charge is 0.396 e. The van der Waals surface area contributed by atoms with E-state index in [9.17, 15) is 38.7 Å². The minimum Gasteiger partial charge on any atom is -0.396 e. The minimum absolute atomic E-state index is 0.0242. The lowest BCUT2D eigenvalue weighted by Gasteiger charge is -2.34. The SMILES string of the molecule is CCC(=O)CCCCCC(=O)CCOCC(COCCC(=O)NCCCNC(=O)CC)(COCCC(=O)NCCCNC(=O)CC)NC(=O)NCCCCC(CC)CO. The van der Waals surface area contributed by atoms with Crippen LogP contribution in [-0.4, -0.2) is 131 Å². The molecule has 1 atom stereocenters. The molecule has 0 saturated heterocycles. The van der Waals surface area contributed by atoms with Crippen molar-refractivity contribution in [1.29, 1.82) is 0 Å². The van der Waals surface area contributed by atoms with Crippen molar-refractivity contribution in [3.05, 3.63) is 0 Å². The van der Waals surface area contributed by atoms with E-state index in [1.165, 1.54) is 0 Å². The summed E-state index contributed by atoms with van der Waals surface area (Å²) in [6, 6.07) is -0.492. The molecule has 0 bridgehead atoms. The third-order valence-electron chi connectivity index (χ3n) is 9.59. The number of carbonyl (C=O) groups excluding carboxylic acids is 7. The molecule has 17 heteroatoms. The molecule has 0 aromatic carbocycles. The number of aliphatic hydroxyl groups excluding tert-OH is 1. The summed E-state index contributed by atoms with van der Waals surface area (Å²) in [5.41, 5.74) is -1.26. The van der Waals surface area contributed by atoms with Crippen LogP contribution in [0.5, 0.6) is 0 Å². The molecule has 0 aliphatic carbocycles. The Balaban J connectivity index is 5.52. The maximum Gasteiger partial charge on any atom is 0.315 e. The van der Waals surface area contributed by atoms with E-state index in [0.29, 0.717) is 90.5 Å². The molecule has 1 unspecified atom stereocenters. The number of ketones is 2. The van der Waals surface area contributed by atoms with Crippen LogP contribution in [0.15, 0.2) is 0 Å². The van der Waals surface area contributed by atoms with Crippen molar-refractivity contribution < 1.29 is 52.9 Å². The molecule has 0 fully saturated rings. The van der Waals surface area contributed by atoms with Crippen LogP contribution in [0.1, 0.15) is 137 Å². The molecule has 0 aromatic rings. The van der Waals surface area contributed by atoms with Gasteiger partial charge in [-0.25, -0.2) is 4.79 Å². The van der Waals surface area contributed by atoms with E-state index >= 15 is 0 Å². The number of amides is 6. The van der Waals surface area contributed by atoms with Gasteiger partial charge in [0.25, 0.3) is 0 Å². The van der Waals surface area contributed by atoms with Crippen LogP contribution in [0, 0.1) is 5.92 Å². The Hall–Kier alpha value is -3.67. The predicted molar refractivity (Wildman–Crippen MR) is 226 cm³/mol. The van der Waals surface area contributed by atoms with E-state index in [1.54, 1.807) is 13.8 Å². The summed E-state index contributed by atoms with van der Waals surface area (Å²) in [7, 11) is 0. The Bertz CT molecular complexity index is 1070. The zero-order chi connectivity index (χ0) is 44.0. The zero-order valence-electron chi connectivity index (χ0n) is 36.6. The lowest BCUT2D eigenvalue weighted by molar-refractivity contribution is -0.123. The summed E-state index contributed by atoms with van der Waals surface area (Å²) in [4.78, 5) is 85.3. The summed E-state index contributed by atoms with van der Waals surface area (Å²) in [6.07, 6.45) is 9.10. The second-order valence-corrected chi connectivity index (χ2v) is 14.8. The second kappa shape index (κ2) is 37.3. The van der Waals surface area contributed by atoms with Crippen molar-refractivity contribution in [1.82, 2.24) is 31.9 Å². The van der Waals surface area contributed by atoms with Gasteiger partial charge in [-0.1, -0.05) is 47.0 Å². The lowest BCUT2D eigenvalue weighted by Crippen LogP contribution is -2.61. The maximum absolute atomic E-state index is 13.3. The normalized spacial score (nSPS) is 11.7. The van der Waals surface area contributed by atoms with Crippen molar-refractivity contribution in [2.75, 3.05) is 79.0 Å². The molecule has 17 nitrogen and oxygen atoms in total. The van der Waals surface area contributed by atoms with Crippen molar-refractivity contribution >= 4 is 41.2 Å². The van der Waals surface area contributed by atoms with E-state index in [-0.39, 0.29) is 107 Å². The third kappa shape index (κ3) is 32.8. The number of hydrogen-bond donors (Lipinski definition) is 7. The number of unbranched alkanes of at least 4 members (excludes halogenated alkanes) is 3. The monoisotopic (exact) mass is 843 g/mol. The van der Waals surface area contributed by atoms with Gasteiger partial charge < -0.3 is 51.2 Å². The van der Waals surface area contributed by atoms with Gasteiger partial charge in [0.1, 0.15) is 17.1 Å². The topological polar surface area (TPSA) is 240 Å². The van der Waals surface area contributed by atoms with Crippen molar-refractivity contribution in [2.24, 2.45) is 5.92 Å². The average molecular weight is 843 g/mol. The number of aliphatic hydroxyl groups is 1. The van der Waals surface area contributed by atoms with Gasteiger partial charge in [0, 0.05) is 90.7 Å². The number of Topliss-reactive ketones (excluding diaryl/α,β-unsaturated/α-hetero) is 2. The van der Waals surface area contributed by atoms with Gasteiger partial charge in [-0.2, -0.15) is 0 Å². The second-order valence-electron chi connectivity index (χ2n) is 14.8. The molecule has 7 N–H and O–H groups in total. The van der Waals surface area contributed by atoms with E-state index in [1.807, 2.05) is 13.8 Å². The van der Waals surface area contributed by atoms with Gasteiger partial charge in [-0.3, -0.25) is 28.8 Å². The number of hydrogen-bond acceptors (Lipinski definition) is 11. The summed E-state index contributed by atoms with van der Waals surface area (Å²) in [5, 5.41) is 26.4. The molecule has 0 radical (unpaired) electrons. The van der Waals surface area contributed by atoms with Crippen LogP contribution in [0.4, 0.5) is 4.79 Å². The first kappa shape index (κ1) is 55.3. The maximum atomic E-state index is 13.3. The molecule has 0 aliphatic heterocycles. The van der Waals surface area contributed by atoms with Crippen LogP contribution in [0.2, 0.25) is 0 Å². The Morgan fingerprint density at radius 2 is 0.949 bits per heavy atom. The highest BCUT2D eigenvalue weighted by Gasteiger charge is 2.34. The Morgan fingerprint density at radius 3 is 1.41 bits per heavy atom. The summed E-state index contributed by atoms with van der Waals surface area (Å²) in [6.45, 7) is 9.42. The molecule has 0 rings (SSSR count). The molecule has 6 amide bonds. The van der Waals surface area contributed by atoms with Gasteiger partial charge in [-0.15, -0.1) is 0 Å².